The van der Waals surface area contributed by atoms with Crippen LogP contribution in [0.4, 0.5) is 4.39 Å². The number of hydrogen-bond acceptors (Lipinski definition) is 6. The standard InChI is InChI=1S/C18H26FN5O3S/c1-11(2)24-13(4)17(12(3)22-24)28(25,26)23-15-5-7-16(8-6-15)27-18-20-9-14(19)10-21-18/h9-11,15-16,23H,5-8H2,1-4H3. The van der Waals surface area contributed by atoms with Crippen LogP contribution in [0, 0.1) is 19.7 Å². The Bertz CT molecular complexity index is 919. The van der Waals surface area contributed by atoms with Crippen molar-refractivity contribution >= 4 is 10.0 Å². The lowest BCUT2D eigenvalue weighted by atomic mass is 9.94. The van der Waals surface area contributed by atoms with Crippen molar-refractivity contribution in [2.45, 2.75) is 76.5 Å². The van der Waals surface area contributed by atoms with Crippen LogP contribution in [0.15, 0.2) is 17.3 Å². The molecule has 0 bridgehead atoms. The molecule has 8 nitrogen and oxygen atoms in total. The summed E-state index contributed by atoms with van der Waals surface area (Å²) in [5.41, 5.74) is 1.15. The maximum Gasteiger partial charge on any atom is 0.316 e. The smallest absolute Gasteiger partial charge is 0.316 e. The summed E-state index contributed by atoms with van der Waals surface area (Å²) in [5.74, 6) is -0.517. The van der Waals surface area contributed by atoms with Crippen LogP contribution in [0.2, 0.25) is 0 Å². The molecule has 1 fully saturated rings. The minimum Gasteiger partial charge on any atom is -0.460 e. The summed E-state index contributed by atoms with van der Waals surface area (Å²) in [5, 5.41) is 4.37. The van der Waals surface area contributed by atoms with Crippen LogP contribution in [0.3, 0.4) is 0 Å². The van der Waals surface area contributed by atoms with E-state index in [1.54, 1.807) is 18.5 Å². The summed E-state index contributed by atoms with van der Waals surface area (Å²) >= 11 is 0. The van der Waals surface area contributed by atoms with E-state index in [9.17, 15) is 12.8 Å². The molecule has 1 saturated carbocycles. The van der Waals surface area contributed by atoms with Gasteiger partial charge in [0.05, 0.1) is 23.8 Å². The zero-order chi connectivity index (χ0) is 20.5. The van der Waals surface area contributed by atoms with Crippen LogP contribution in [0.1, 0.15) is 57.0 Å². The Labute approximate surface area is 164 Å². The molecule has 0 amide bonds. The molecule has 2 aromatic heterocycles. The molecule has 0 spiro atoms. The molecular formula is C18H26FN5O3S. The quantitative estimate of drug-likeness (QED) is 0.785. The Morgan fingerprint density at radius 2 is 1.79 bits per heavy atom. The largest absolute Gasteiger partial charge is 0.460 e. The first kappa shape index (κ1) is 20.7. The van der Waals surface area contributed by atoms with Crippen LogP contribution in [0.5, 0.6) is 6.01 Å². The van der Waals surface area contributed by atoms with Crippen LogP contribution in [-0.2, 0) is 10.0 Å². The third-order valence-electron chi connectivity index (χ3n) is 4.88. The van der Waals surface area contributed by atoms with Crippen molar-refractivity contribution in [2.24, 2.45) is 0 Å². The third-order valence-corrected chi connectivity index (χ3v) is 6.65. The predicted molar refractivity (Wildman–Crippen MR) is 101 cm³/mol. The lowest BCUT2D eigenvalue weighted by Gasteiger charge is -2.28. The van der Waals surface area contributed by atoms with Crippen molar-refractivity contribution in [3.05, 3.63) is 29.6 Å². The molecule has 0 aliphatic heterocycles. The fourth-order valence-corrected chi connectivity index (χ4v) is 5.33. The van der Waals surface area contributed by atoms with Crippen molar-refractivity contribution in [1.29, 1.82) is 0 Å². The second-order valence-electron chi connectivity index (χ2n) is 7.43. The summed E-state index contributed by atoms with van der Waals surface area (Å²) in [6.07, 6.45) is 4.62. The average Bonchev–Trinajstić information content (AvgIpc) is 2.94. The maximum absolute atomic E-state index is 12.9. The molecule has 3 rings (SSSR count). The zero-order valence-corrected chi connectivity index (χ0v) is 17.3. The fraction of sp³-hybridized carbons (Fsp3) is 0.611. The highest BCUT2D eigenvalue weighted by atomic mass is 32.2. The number of nitrogens with one attached hydrogen (secondary N) is 1. The molecule has 154 valence electrons. The Kier molecular flexibility index (Phi) is 5.99. The molecule has 0 aromatic carbocycles. The van der Waals surface area contributed by atoms with Crippen molar-refractivity contribution in [2.75, 3.05) is 0 Å². The van der Waals surface area contributed by atoms with Gasteiger partial charge in [0.1, 0.15) is 11.0 Å². The molecule has 0 unspecified atom stereocenters. The number of ether oxygens (including phenoxy) is 1. The van der Waals surface area contributed by atoms with Gasteiger partial charge in [0.25, 0.3) is 0 Å². The predicted octanol–water partition coefficient (Wildman–Crippen LogP) is 2.68. The van der Waals surface area contributed by atoms with Crippen molar-refractivity contribution in [1.82, 2.24) is 24.5 Å². The number of aryl methyl sites for hydroxylation is 1. The first-order valence-electron chi connectivity index (χ1n) is 9.39. The maximum atomic E-state index is 12.9. The summed E-state index contributed by atoms with van der Waals surface area (Å²) in [6.45, 7) is 7.43. The molecule has 2 heterocycles. The molecular weight excluding hydrogens is 385 g/mol. The molecule has 1 aliphatic rings. The molecule has 28 heavy (non-hydrogen) atoms. The zero-order valence-electron chi connectivity index (χ0n) is 16.5. The Balaban J connectivity index is 1.62. The van der Waals surface area contributed by atoms with Gasteiger partial charge in [-0.15, -0.1) is 0 Å². The van der Waals surface area contributed by atoms with E-state index >= 15 is 0 Å². The summed E-state index contributed by atoms with van der Waals surface area (Å²) in [7, 11) is -3.66. The van der Waals surface area contributed by atoms with Crippen LogP contribution in [0.25, 0.3) is 0 Å². The Morgan fingerprint density at radius 3 is 2.32 bits per heavy atom. The first-order valence-corrected chi connectivity index (χ1v) is 10.9. The van der Waals surface area contributed by atoms with Gasteiger partial charge in [-0.3, -0.25) is 4.68 Å². The second kappa shape index (κ2) is 8.12. The van der Waals surface area contributed by atoms with E-state index in [0.717, 1.165) is 12.4 Å². The molecule has 0 saturated heterocycles. The van der Waals surface area contributed by atoms with E-state index < -0.39 is 15.8 Å². The van der Waals surface area contributed by atoms with Gasteiger partial charge in [0, 0.05) is 12.1 Å². The van der Waals surface area contributed by atoms with Gasteiger partial charge in [-0.2, -0.15) is 5.10 Å². The number of aromatic nitrogens is 4. The number of nitrogens with zero attached hydrogens (tertiary/aromatic N) is 4. The highest BCUT2D eigenvalue weighted by Gasteiger charge is 2.30. The molecule has 2 aromatic rings. The van der Waals surface area contributed by atoms with Crippen LogP contribution < -0.4 is 9.46 Å². The van der Waals surface area contributed by atoms with Crippen LogP contribution in [-0.4, -0.2) is 40.3 Å². The minimum absolute atomic E-state index is 0.0870. The topological polar surface area (TPSA) is 99.0 Å². The van der Waals surface area contributed by atoms with E-state index in [4.69, 9.17) is 4.74 Å². The number of sulfonamides is 1. The lowest BCUT2D eigenvalue weighted by molar-refractivity contribution is 0.132. The summed E-state index contributed by atoms with van der Waals surface area (Å²) in [4.78, 5) is 7.86. The highest BCUT2D eigenvalue weighted by molar-refractivity contribution is 7.89. The summed E-state index contributed by atoms with van der Waals surface area (Å²) in [6, 6.07) is 0.0573. The Morgan fingerprint density at radius 1 is 1.18 bits per heavy atom. The number of rotatable bonds is 6. The minimum atomic E-state index is -3.66. The first-order chi connectivity index (χ1) is 13.2. The van der Waals surface area contributed by atoms with E-state index in [0.29, 0.717) is 37.1 Å². The fourth-order valence-electron chi connectivity index (χ4n) is 3.63. The van der Waals surface area contributed by atoms with Crippen molar-refractivity contribution in [3.63, 3.8) is 0 Å². The number of halogens is 1. The van der Waals surface area contributed by atoms with E-state index in [1.807, 2.05) is 13.8 Å². The van der Waals surface area contributed by atoms with Gasteiger partial charge < -0.3 is 4.74 Å². The van der Waals surface area contributed by atoms with E-state index in [2.05, 4.69) is 19.8 Å². The van der Waals surface area contributed by atoms with Gasteiger partial charge in [-0.05, 0) is 53.4 Å². The average molecular weight is 412 g/mol. The van der Waals surface area contributed by atoms with Gasteiger partial charge in [-0.25, -0.2) is 27.5 Å². The molecule has 0 atom stereocenters. The van der Waals surface area contributed by atoms with Crippen molar-refractivity contribution < 1.29 is 17.5 Å². The number of hydrogen-bond donors (Lipinski definition) is 1. The van der Waals surface area contributed by atoms with E-state index in [-0.39, 0.29) is 29.1 Å². The van der Waals surface area contributed by atoms with Crippen molar-refractivity contribution in [3.8, 4) is 6.01 Å². The molecule has 1 N–H and O–H groups in total. The summed E-state index contributed by atoms with van der Waals surface area (Å²) < 4.78 is 48.9. The Hall–Kier alpha value is -2.07. The second-order valence-corrected chi connectivity index (χ2v) is 9.09. The van der Waals surface area contributed by atoms with Gasteiger partial charge in [0.15, 0.2) is 5.82 Å². The normalized spacial score (nSPS) is 20.5. The SMILES string of the molecule is Cc1nn(C(C)C)c(C)c1S(=O)(=O)NC1CCC(Oc2ncc(F)cn2)CC1. The van der Waals surface area contributed by atoms with Crippen LogP contribution >= 0.6 is 0 Å². The third kappa shape index (κ3) is 4.49. The van der Waals surface area contributed by atoms with Gasteiger partial charge >= 0.3 is 6.01 Å². The van der Waals surface area contributed by atoms with Gasteiger partial charge in [0.2, 0.25) is 10.0 Å². The molecule has 0 radical (unpaired) electrons. The van der Waals surface area contributed by atoms with E-state index in [1.165, 1.54) is 0 Å². The monoisotopic (exact) mass is 411 g/mol. The van der Waals surface area contributed by atoms with Gasteiger partial charge in [-0.1, -0.05) is 0 Å². The lowest BCUT2D eigenvalue weighted by Crippen LogP contribution is -2.40. The molecule has 10 heteroatoms. The molecule has 1 aliphatic carbocycles. The highest BCUT2D eigenvalue weighted by Crippen LogP contribution is 2.26.